The summed E-state index contributed by atoms with van der Waals surface area (Å²) >= 11 is 0. The lowest BCUT2D eigenvalue weighted by molar-refractivity contribution is 0.305. The fourth-order valence-corrected chi connectivity index (χ4v) is 3.30. The van der Waals surface area contributed by atoms with Gasteiger partial charge in [-0.05, 0) is 24.5 Å². The van der Waals surface area contributed by atoms with Crippen LogP contribution < -0.4 is 5.32 Å². The van der Waals surface area contributed by atoms with Crippen molar-refractivity contribution in [2.45, 2.75) is 18.9 Å². The van der Waals surface area contributed by atoms with Crippen LogP contribution in [0.2, 0.25) is 0 Å². The highest BCUT2D eigenvalue weighted by Gasteiger charge is 2.18. The van der Waals surface area contributed by atoms with Crippen LogP contribution in [0.25, 0.3) is 22.2 Å². The summed E-state index contributed by atoms with van der Waals surface area (Å²) in [6.07, 6.45) is 8.07. The SMILES string of the molecule is N#CN1CCC(Nc2cnc3[nH]cc(-c4ccccc4)c3c2)CC1. The molecule has 1 aromatic carbocycles. The van der Waals surface area contributed by atoms with Gasteiger partial charge >= 0.3 is 0 Å². The van der Waals surface area contributed by atoms with Crippen molar-refractivity contribution in [1.29, 1.82) is 5.26 Å². The molecule has 0 amide bonds. The van der Waals surface area contributed by atoms with E-state index >= 15 is 0 Å². The molecule has 0 radical (unpaired) electrons. The van der Waals surface area contributed by atoms with Crippen molar-refractivity contribution in [2.24, 2.45) is 0 Å². The topological polar surface area (TPSA) is 67.7 Å². The highest BCUT2D eigenvalue weighted by atomic mass is 15.1. The highest BCUT2D eigenvalue weighted by molar-refractivity contribution is 5.95. The molecular formula is C19H19N5. The second-order valence-electron chi connectivity index (χ2n) is 6.19. The van der Waals surface area contributed by atoms with E-state index in [9.17, 15) is 0 Å². The van der Waals surface area contributed by atoms with Gasteiger partial charge in [0.05, 0.1) is 11.9 Å². The number of nitrogens with zero attached hydrogens (tertiary/aromatic N) is 3. The van der Waals surface area contributed by atoms with Gasteiger partial charge in [-0.25, -0.2) is 4.98 Å². The quantitative estimate of drug-likeness (QED) is 0.724. The molecule has 2 N–H and O–H groups in total. The highest BCUT2D eigenvalue weighted by Crippen LogP contribution is 2.29. The minimum absolute atomic E-state index is 0.396. The van der Waals surface area contributed by atoms with E-state index in [4.69, 9.17) is 5.26 Å². The molecule has 1 aliphatic heterocycles. The number of nitrogens with one attached hydrogen (secondary N) is 2. The van der Waals surface area contributed by atoms with Crippen LogP contribution in [0.4, 0.5) is 5.69 Å². The standard InChI is InChI=1S/C19H19N5/c20-13-24-8-6-15(7-9-24)23-16-10-17-18(12-22-19(17)21-11-16)14-4-2-1-3-5-14/h1-5,10-12,15,23H,6-9H2,(H,21,22). The number of hydrogen-bond acceptors (Lipinski definition) is 4. The number of rotatable bonds is 3. The first kappa shape index (κ1) is 14.6. The minimum Gasteiger partial charge on any atom is -0.381 e. The second-order valence-corrected chi connectivity index (χ2v) is 6.19. The summed E-state index contributed by atoms with van der Waals surface area (Å²) in [5.41, 5.74) is 4.29. The van der Waals surface area contributed by atoms with E-state index in [0.29, 0.717) is 6.04 Å². The van der Waals surface area contributed by atoms with Crippen LogP contribution in [-0.4, -0.2) is 34.0 Å². The fraction of sp³-hybridized carbons (Fsp3) is 0.263. The molecule has 5 heteroatoms. The van der Waals surface area contributed by atoms with Gasteiger partial charge in [0.25, 0.3) is 0 Å². The Hall–Kier alpha value is -3.00. The van der Waals surface area contributed by atoms with Crippen molar-refractivity contribution in [1.82, 2.24) is 14.9 Å². The molecule has 2 aromatic heterocycles. The van der Waals surface area contributed by atoms with E-state index in [-0.39, 0.29) is 0 Å². The van der Waals surface area contributed by atoms with Crippen molar-refractivity contribution in [3.05, 3.63) is 48.8 Å². The van der Waals surface area contributed by atoms with Crippen LogP contribution in [0.3, 0.4) is 0 Å². The van der Waals surface area contributed by atoms with E-state index in [2.05, 4.69) is 39.7 Å². The molecule has 3 heterocycles. The summed E-state index contributed by atoms with van der Waals surface area (Å²) in [4.78, 5) is 9.61. The molecule has 0 aliphatic carbocycles. The zero-order valence-corrected chi connectivity index (χ0v) is 13.4. The number of fused-ring (bicyclic) bond motifs is 1. The zero-order valence-electron chi connectivity index (χ0n) is 13.4. The van der Waals surface area contributed by atoms with Crippen molar-refractivity contribution >= 4 is 16.7 Å². The van der Waals surface area contributed by atoms with E-state index in [1.54, 1.807) is 0 Å². The van der Waals surface area contributed by atoms with Crippen LogP contribution in [0.15, 0.2) is 48.8 Å². The van der Waals surface area contributed by atoms with Gasteiger partial charge < -0.3 is 15.2 Å². The molecule has 0 spiro atoms. The summed E-state index contributed by atoms with van der Waals surface area (Å²) in [6, 6.07) is 12.9. The lowest BCUT2D eigenvalue weighted by Gasteiger charge is -2.29. The second kappa shape index (κ2) is 6.25. The van der Waals surface area contributed by atoms with Crippen LogP contribution in [-0.2, 0) is 0 Å². The van der Waals surface area contributed by atoms with Crippen LogP contribution in [0.5, 0.6) is 0 Å². The molecule has 4 rings (SSSR count). The van der Waals surface area contributed by atoms with Crippen molar-refractivity contribution in [3.8, 4) is 17.3 Å². The largest absolute Gasteiger partial charge is 0.381 e. The van der Waals surface area contributed by atoms with Crippen molar-refractivity contribution in [3.63, 3.8) is 0 Å². The third kappa shape index (κ3) is 2.79. The summed E-state index contributed by atoms with van der Waals surface area (Å²) in [7, 11) is 0. The van der Waals surface area contributed by atoms with Gasteiger partial charge in [0.2, 0.25) is 0 Å². The van der Waals surface area contributed by atoms with Crippen LogP contribution >= 0.6 is 0 Å². The Bertz CT molecular complexity index is 870. The Kier molecular flexibility index (Phi) is 3.80. The number of likely N-dealkylation sites (tertiary alicyclic amines) is 1. The van der Waals surface area contributed by atoms with Crippen molar-refractivity contribution in [2.75, 3.05) is 18.4 Å². The van der Waals surface area contributed by atoms with Crippen molar-refractivity contribution < 1.29 is 0 Å². The summed E-state index contributed by atoms with van der Waals surface area (Å²) in [6.45, 7) is 1.65. The van der Waals surface area contributed by atoms with Gasteiger partial charge in [-0.15, -0.1) is 0 Å². The lowest BCUT2D eigenvalue weighted by Crippen LogP contribution is -2.36. The van der Waals surface area contributed by atoms with E-state index < -0.39 is 0 Å². The molecule has 3 aromatic rings. The lowest BCUT2D eigenvalue weighted by atomic mass is 10.0. The molecule has 1 saturated heterocycles. The molecule has 0 atom stereocenters. The van der Waals surface area contributed by atoms with Gasteiger partial charge in [-0.1, -0.05) is 30.3 Å². The number of pyridine rings is 1. The van der Waals surface area contributed by atoms with Gasteiger partial charge in [0.15, 0.2) is 6.19 Å². The monoisotopic (exact) mass is 317 g/mol. The van der Waals surface area contributed by atoms with E-state index in [1.165, 1.54) is 11.1 Å². The third-order valence-electron chi connectivity index (χ3n) is 4.62. The first-order chi connectivity index (χ1) is 11.8. The Balaban J connectivity index is 1.58. The average Bonchev–Trinajstić information content (AvgIpc) is 3.06. The third-order valence-corrected chi connectivity index (χ3v) is 4.62. The molecule has 120 valence electrons. The number of hydrogen-bond donors (Lipinski definition) is 2. The number of benzene rings is 1. The van der Waals surface area contributed by atoms with Crippen LogP contribution in [0, 0.1) is 11.5 Å². The summed E-state index contributed by atoms with van der Waals surface area (Å²) in [5, 5.41) is 13.6. The minimum atomic E-state index is 0.396. The number of anilines is 1. The van der Waals surface area contributed by atoms with Gasteiger partial charge in [-0.3, -0.25) is 0 Å². The smallest absolute Gasteiger partial charge is 0.179 e. The van der Waals surface area contributed by atoms with Crippen LogP contribution in [0.1, 0.15) is 12.8 Å². The predicted octanol–water partition coefficient (Wildman–Crippen LogP) is 3.59. The first-order valence-corrected chi connectivity index (χ1v) is 8.27. The Morgan fingerprint density at radius 1 is 1.21 bits per heavy atom. The molecule has 0 saturated carbocycles. The Morgan fingerprint density at radius 3 is 2.75 bits per heavy atom. The number of aromatic amines is 1. The first-order valence-electron chi connectivity index (χ1n) is 8.27. The number of H-pyrrole nitrogens is 1. The maximum Gasteiger partial charge on any atom is 0.179 e. The van der Waals surface area contributed by atoms with Gasteiger partial charge in [0, 0.05) is 36.3 Å². The number of nitriles is 1. The molecular weight excluding hydrogens is 298 g/mol. The molecule has 0 unspecified atom stereocenters. The normalized spacial score (nSPS) is 15.4. The van der Waals surface area contributed by atoms with E-state index in [1.807, 2.05) is 35.5 Å². The Labute approximate surface area is 140 Å². The zero-order chi connectivity index (χ0) is 16.4. The maximum absolute atomic E-state index is 8.94. The summed E-state index contributed by atoms with van der Waals surface area (Å²) < 4.78 is 0. The summed E-state index contributed by atoms with van der Waals surface area (Å²) in [5.74, 6) is 0. The molecule has 24 heavy (non-hydrogen) atoms. The molecule has 1 fully saturated rings. The number of aromatic nitrogens is 2. The average molecular weight is 317 g/mol. The molecule has 1 aliphatic rings. The maximum atomic E-state index is 8.94. The number of piperidine rings is 1. The molecule has 5 nitrogen and oxygen atoms in total. The Morgan fingerprint density at radius 2 is 2.00 bits per heavy atom. The fourth-order valence-electron chi connectivity index (χ4n) is 3.30. The predicted molar refractivity (Wildman–Crippen MR) is 95.4 cm³/mol. The van der Waals surface area contributed by atoms with E-state index in [0.717, 1.165) is 42.7 Å². The van der Waals surface area contributed by atoms with Gasteiger partial charge in [-0.2, -0.15) is 5.26 Å². The van der Waals surface area contributed by atoms with Gasteiger partial charge in [0.1, 0.15) is 5.65 Å². The molecule has 0 bridgehead atoms.